The van der Waals surface area contributed by atoms with Crippen molar-refractivity contribution in [2.75, 3.05) is 13.1 Å². The molecule has 3 heteroatoms. The van der Waals surface area contributed by atoms with E-state index in [4.69, 9.17) is 5.11 Å². The standard InChI is InChI=1S/C11H19NO2/c13-11(14)9-5-6-10(9)12-7-3-1-2-4-8-12/h9-10H,1-8H2,(H,13,14). The first-order valence-corrected chi connectivity index (χ1v) is 5.76. The SMILES string of the molecule is O=C(O)C1CCC1N1CCCCCC1. The van der Waals surface area contributed by atoms with Crippen LogP contribution < -0.4 is 0 Å². The van der Waals surface area contributed by atoms with Gasteiger partial charge in [-0.25, -0.2) is 0 Å². The van der Waals surface area contributed by atoms with E-state index in [1.807, 2.05) is 0 Å². The van der Waals surface area contributed by atoms with E-state index in [9.17, 15) is 4.79 Å². The van der Waals surface area contributed by atoms with Crippen LogP contribution in [-0.4, -0.2) is 35.1 Å². The van der Waals surface area contributed by atoms with E-state index in [1.165, 1.54) is 25.7 Å². The average molecular weight is 197 g/mol. The summed E-state index contributed by atoms with van der Waals surface area (Å²) in [6.45, 7) is 2.24. The van der Waals surface area contributed by atoms with Gasteiger partial charge >= 0.3 is 5.97 Å². The summed E-state index contributed by atoms with van der Waals surface area (Å²) in [5, 5.41) is 8.98. The molecule has 0 amide bonds. The minimum absolute atomic E-state index is 0.0758. The fourth-order valence-electron chi connectivity index (χ4n) is 2.63. The highest BCUT2D eigenvalue weighted by Gasteiger charge is 2.40. The molecular weight excluding hydrogens is 178 g/mol. The first-order valence-electron chi connectivity index (χ1n) is 5.76. The van der Waals surface area contributed by atoms with Crippen LogP contribution >= 0.6 is 0 Å². The summed E-state index contributed by atoms with van der Waals surface area (Å²) >= 11 is 0. The highest BCUT2D eigenvalue weighted by molar-refractivity contribution is 5.72. The van der Waals surface area contributed by atoms with Crippen LogP contribution in [0.4, 0.5) is 0 Å². The molecule has 1 N–H and O–H groups in total. The Morgan fingerprint density at radius 3 is 2.14 bits per heavy atom. The molecule has 1 aliphatic heterocycles. The van der Waals surface area contributed by atoms with Crippen molar-refractivity contribution in [2.45, 2.75) is 44.6 Å². The second kappa shape index (κ2) is 4.30. The van der Waals surface area contributed by atoms with Crippen LogP contribution in [0.1, 0.15) is 38.5 Å². The molecule has 0 spiro atoms. The van der Waals surface area contributed by atoms with E-state index < -0.39 is 5.97 Å². The van der Waals surface area contributed by atoms with Gasteiger partial charge in [0.1, 0.15) is 0 Å². The highest BCUT2D eigenvalue weighted by Crippen LogP contribution is 2.33. The van der Waals surface area contributed by atoms with Gasteiger partial charge in [0.15, 0.2) is 0 Å². The van der Waals surface area contributed by atoms with Crippen LogP contribution in [-0.2, 0) is 4.79 Å². The lowest BCUT2D eigenvalue weighted by molar-refractivity contribution is -0.148. The minimum atomic E-state index is -0.592. The number of carboxylic acids is 1. The third-order valence-corrected chi connectivity index (χ3v) is 3.66. The zero-order valence-corrected chi connectivity index (χ0v) is 8.61. The van der Waals surface area contributed by atoms with Crippen LogP contribution in [0.25, 0.3) is 0 Å². The normalized spacial score (nSPS) is 34.6. The fourth-order valence-corrected chi connectivity index (χ4v) is 2.63. The Labute approximate surface area is 85.1 Å². The molecule has 1 heterocycles. The number of carbonyl (C=O) groups is 1. The maximum absolute atomic E-state index is 10.9. The van der Waals surface area contributed by atoms with E-state index >= 15 is 0 Å². The van der Waals surface area contributed by atoms with Gasteiger partial charge < -0.3 is 5.11 Å². The number of carboxylic acid groups (broad SMARTS) is 1. The molecule has 2 atom stereocenters. The summed E-state index contributed by atoms with van der Waals surface area (Å²) < 4.78 is 0. The Hall–Kier alpha value is -0.570. The molecule has 14 heavy (non-hydrogen) atoms. The molecule has 2 rings (SSSR count). The third-order valence-electron chi connectivity index (χ3n) is 3.66. The Morgan fingerprint density at radius 2 is 1.71 bits per heavy atom. The van der Waals surface area contributed by atoms with Gasteiger partial charge in [-0.15, -0.1) is 0 Å². The van der Waals surface area contributed by atoms with Crippen LogP contribution in [0, 0.1) is 5.92 Å². The van der Waals surface area contributed by atoms with Gasteiger partial charge in [0.25, 0.3) is 0 Å². The van der Waals surface area contributed by atoms with Gasteiger partial charge in [-0.1, -0.05) is 12.8 Å². The maximum Gasteiger partial charge on any atom is 0.308 e. The van der Waals surface area contributed by atoms with Crippen LogP contribution in [0.5, 0.6) is 0 Å². The smallest absolute Gasteiger partial charge is 0.308 e. The van der Waals surface area contributed by atoms with Crippen molar-refractivity contribution in [3.05, 3.63) is 0 Å². The van der Waals surface area contributed by atoms with Crippen molar-refractivity contribution in [1.82, 2.24) is 4.90 Å². The third kappa shape index (κ3) is 1.92. The van der Waals surface area contributed by atoms with Crippen molar-refractivity contribution in [1.29, 1.82) is 0 Å². The van der Waals surface area contributed by atoms with Crippen molar-refractivity contribution < 1.29 is 9.90 Å². The minimum Gasteiger partial charge on any atom is -0.481 e. The van der Waals surface area contributed by atoms with Crippen LogP contribution in [0.3, 0.4) is 0 Å². The molecular formula is C11H19NO2. The summed E-state index contributed by atoms with van der Waals surface area (Å²) in [7, 11) is 0. The van der Waals surface area contributed by atoms with Gasteiger partial charge in [0.2, 0.25) is 0 Å². The molecule has 80 valence electrons. The van der Waals surface area contributed by atoms with E-state index in [0.717, 1.165) is 25.9 Å². The highest BCUT2D eigenvalue weighted by atomic mass is 16.4. The summed E-state index contributed by atoms with van der Waals surface area (Å²) in [4.78, 5) is 13.3. The van der Waals surface area contributed by atoms with Crippen LogP contribution in [0.2, 0.25) is 0 Å². The van der Waals surface area contributed by atoms with Gasteiger partial charge in [-0.3, -0.25) is 9.69 Å². The second-order valence-corrected chi connectivity index (χ2v) is 4.54. The molecule has 2 fully saturated rings. The van der Waals surface area contributed by atoms with Gasteiger partial charge in [-0.05, 0) is 38.8 Å². The number of aliphatic carboxylic acids is 1. The number of hydrogen-bond acceptors (Lipinski definition) is 2. The molecule has 0 aromatic rings. The first-order chi connectivity index (χ1) is 6.79. The van der Waals surface area contributed by atoms with Crippen molar-refractivity contribution in [2.24, 2.45) is 5.92 Å². The van der Waals surface area contributed by atoms with Gasteiger partial charge in [0, 0.05) is 6.04 Å². The summed E-state index contributed by atoms with van der Waals surface area (Å²) in [5.74, 6) is -0.668. The first kappa shape index (κ1) is 9.97. The Balaban J connectivity index is 1.90. The number of hydrogen-bond donors (Lipinski definition) is 1. The summed E-state index contributed by atoms with van der Waals surface area (Å²) in [6.07, 6.45) is 7.13. The monoisotopic (exact) mass is 197 g/mol. The Kier molecular flexibility index (Phi) is 3.06. The quantitative estimate of drug-likeness (QED) is 0.733. The number of likely N-dealkylation sites (tertiary alicyclic amines) is 1. The van der Waals surface area contributed by atoms with E-state index in [-0.39, 0.29) is 5.92 Å². The second-order valence-electron chi connectivity index (χ2n) is 4.54. The lowest BCUT2D eigenvalue weighted by atomic mass is 9.78. The summed E-state index contributed by atoms with van der Waals surface area (Å²) in [5.41, 5.74) is 0. The van der Waals surface area contributed by atoms with E-state index in [2.05, 4.69) is 4.90 Å². The lowest BCUT2D eigenvalue weighted by Gasteiger charge is -2.41. The summed E-state index contributed by atoms with van der Waals surface area (Å²) in [6, 6.07) is 0.352. The molecule has 2 aliphatic rings. The van der Waals surface area contributed by atoms with E-state index in [1.54, 1.807) is 0 Å². The average Bonchev–Trinajstić information content (AvgIpc) is 2.29. The van der Waals surface area contributed by atoms with E-state index in [0.29, 0.717) is 6.04 Å². The molecule has 2 unspecified atom stereocenters. The Bertz CT molecular complexity index is 209. The number of nitrogens with zero attached hydrogens (tertiary/aromatic N) is 1. The number of rotatable bonds is 2. The molecule has 0 bridgehead atoms. The zero-order chi connectivity index (χ0) is 9.97. The topological polar surface area (TPSA) is 40.5 Å². The fraction of sp³-hybridized carbons (Fsp3) is 0.909. The van der Waals surface area contributed by atoms with Gasteiger partial charge in [-0.2, -0.15) is 0 Å². The van der Waals surface area contributed by atoms with Crippen molar-refractivity contribution >= 4 is 5.97 Å². The predicted molar refractivity (Wildman–Crippen MR) is 54.2 cm³/mol. The molecule has 0 aromatic carbocycles. The lowest BCUT2D eigenvalue weighted by Crippen LogP contribution is -2.50. The molecule has 3 nitrogen and oxygen atoms in total. The van der Waals surface area contributed by atoms with Crippen molar-refractivity contribution in [3.8, 4) is 0 Å². The zero-order valence-electron chi connectivity index (χ0n) is 8.61. The van der Waals surface area contributed by atoms with Crippen LogP contribution in [0.15, 0.2) is 0 Å². The predicted octanol–water partition coefficient (Wildman–Crippen LogP) is 1.73. The maximum atomic E-state index is 10.9. The van der Waals surface area contributed by atoms with Gasteiger partial charge in [0.05, 0.1) is 5.92 Å². The molecule has 0 radical (unpaired) electrons. The molecule has 1 aliphatic carbocycles. The molecule has 1 saturated heterocycles. The Morgan fingerprint density at radius 1 is 1.07 bits per heavy atom. The molecule has 0 aromatic heterocycles. The largest absolute Gasteiger partial charge is 0.481 e. The molecule has 1 saturated carbocycles. The van der Waals surface area contributed by atoms with Crippen molar-refractivity contribution in [3.63, 3.8) is 0 Å².